The van der Waals surface area contributed by atoms with E-state index >= 15 is 0 Å². The van der Waals surface area contributed by atoms with Crippen molar-refractivity contribution < 1.29 is 8.42 Å². The second-order valence-electron chi connectivity index (χ2n) is 6.53. The van der Waals surface area contributed by atoms with E-state index in [0.717, 1.165) is 23.4 Å². The number of benzene rings is 1. The number of aromatic nitrogens is 3. The lowest BCUT2D eigenvalue weighted by molar-refractivity contribution is 0.469. The van der Waals surface area contributed by atoms with Gasteiger partial charge in [0.15, 0.2) is 0 Å². The van der Waals surface area contributed by atoms with Crippen molar-refractivity contribution in [2.75, 3.05) is 13.1 Å². The maximum atomic E-state index is 13.0. The fourth-order valence-electron chi connectivity index (χ4n) is 3.62. The molecule has 0 saturated carbocycles. The van der Waals surface area contributed by atoms with E-state index in [-0.39, 0.29) is 10.8 Å². The van der Waals surface area contributed by atoms with Crippen LogP contribution in [0.5, 0.6) is 0 Å². The molecule has 0 radical (unpaired) electrons. The van der Waals surface area contributed by atoms with Crippen LogP contribution in [0.25, 0.3) is 11.0 Å². The zero-order chi connectivity index (χ0) is 19.2. The molecule has 6 nitrogen and oxygen atoms in total. The third-order valence-corrected chi connectivity index (χ3v) is 7.17. The van der Waals surface area contributed by atoms with Crippen molar-refractivity contribution in [1.29, 1.82) is 0 Å². The summed E-state index contributed by atoms with van der Waals surface area (Å²) in [5.41, 5.74) is 1.85. The van der Waals surface area contributed by atoms with E-state index in [1.807, 2.05) is 6.07 Å². The highest BCUT2D eigenvalue weighted by atomic mass is 35.5. The van der Waals surface area contributed by atoms with Crippen molar-refractivity contribution in [1.82, 2.24) is 18.8 Å². The van der Waals surface area contributed by atoms with Crippen LogP contribution in [-0.2, 0) is 16.6 Å². The van der Waals surface area contributed by atoms with Gasteiger partial charge in [0.2, 0.25) is 10.0 Å². The molecule has 142 valence electrons. The van der Waals surface area contributed by atoms with Crippen LogP contribution in [0.15, 0.2) is 41.6 Å². The van der Waals surface area contributed by atoms with E-state index < -0.39 is 10.0 Å². The average Bonchev–Trinajstić information content (AvgIpc) is 3.25. The predicted octanol–water partition coefficient (Wildman–Crippen LogP) is 3.94. The van der Waals surface area contributed by atoms with Gasteiger partial charge in [0.25, 0.3) is 0 Å². The average molecular weight is 425 g/mol. The highest BCUT2D eigenvalue weighted by Gasteiger charge is 2.35. The lowest BCUT2D eigenvalue weighted by Crippen LogP contribution is -2.29. The van der Waals surface area contributed by atoms with Crippen LogP contribution in [0.3, 0.4) is 0 Å². The number of pyridine rings is 1. The lowest BCUT2D eigenvalue weighted by atomic mass is 10.1. The van der Waals surface area contributed by atoms with Gasteiger partial charge in [-0.1, -0.05) is 23.2 Å². The number of halogens is 2. The molecule has 27 heavy (non-hydrogen) atoms. The molecule has 4 rings (SSSR count). The standard InChI is InChI=1S/C18H18Cl2N4O2S/c1-2-24-17-10-21-5-3-16(17)22-18(24)12-4-6-23(11-12)27(25,26)15-8-13(19)7-14(20)9-15/h3,5,7-10,12H,2,4,6,11H2,1H3. The molecule has 1 aromatic carbocycles. The number of hydrogen-bond acceptors (Lipinski definition) is 4. The molecular weight excluding hydrogens is 407 g/mol. The first-order valence-corrected chi connectivity index (χ1v) is 10.9. The van der Waals surface area contributed by atoms with Gasteiger partial charge >= 0.3 is 0 Å². The summed E-state index contributed by atoms with van der Waals surface area (Å²) in [6.07, 6.45) is 4.23. The molecule has 1 unspecified atom stereocenters. The highest BCUT2D eigenvalue weighted by Crippen LogP contribution is 2.33. The Morgan fingerprint density at radius 3 is 2.67 bits per heavy atom. The van der Waals surface area contributed by atoms with E-state index in [2.05, 4.69) is 16.5 Å². The predicted molar refractivity (Wildman–Crippen MR) is 106 cm³/mol. The topological polar surface area (TPSA) is 68.1 Å². The van der Waals surface area contributed by atoms with E-state index in [9.17, 15) is 8.42 Å². The third-order valence-electron chi connectivity index (χ3n) is 4.89. The molecule has 1 aliphatic rings. The Morgan fingerprint density at radius 2 is 1.96 bits per heavy atom. The number of sulfonamides is 1. The number of nitrogens with zero attached hydrogens (tertiary/aromatic N) is 4. The first kappa shape index (κ1) is 18.7. The first-order chi connectivity index (χ1) is 12.9. The summed E-state index contributed by atoms with van der Waals surface area (Å²) >= 11 is 12.0. The van der Waals surface area contributed by atoms with Crippen LogP contribution in [0.1, 0.15) is 25.1 Å². The third kappa shape index (κ3) is 3.33. The Labute approximate surface area is 167 Å². The molecule has 1 fully saturated rings. The molecule has 0 aliphatic carbocycles. The van der Waals surface area contributed by atoms with E-state index in [0.29, 0.717) is 29.6 Å². The molecule has 0 spiro atoms. The minimum Gasteiger partial charge on any atom is -0.327 e. The van der Waals surface area contributed by atoms with Crippen LogP contribution >= 0.6 is 23.2 Å². The van der Waals surface area contributed by atoms with Gasteiger partial charge in [0, 0.05) is 41.8 Å². The summed E-state index contributed by atoms with van der Waals surface area (Å²) in [6.45, 7) is 3.62. The van der Waals surface area contributed by atoms with Crippen LogP contribution in [0, 0.1) is 0 Å². The van der Waals surface area contributed by atoms with Crippen molar-refractivity contribution in [3.8, 4) is 0 Å². The number of imidazole rings is 1. The summed E-state index contributed by atoms with van der Waals surface area (Å²) in [7, 11) is -3.66. The molecule has 3 aromatic rings. The summed E-state index contributed by atoms with van der Waals surface area (Å²) in [6, 6.07) is 6.26. The van der Waals surface area contributed by atoms with Gasteiger partial charge < -0.3 is 4.57 Å². The van der Waals surface area contributed by atoms with Gasteiger partial charge in [-0.2, -0.15) is 4.31 Å². The second kappa shape index (κ2) is 7.05. The van der Waals surface area contributed by atoms with Crippen molar-refractivity contribution >= 4 is 44.3 Å². The summed E-state index contributed by atoms with van der Waals surface area (Å²) < 4.78 is 29.6. The zero-order valence-corrected chi connectivity index (χ0v) is 17.0. The molecular formula is C18H18Cl2N4O2S. The monoisotopic (exact) mass is 424 g/mol. The molecule has 1 saturated heterocycles. The normalized spacial score (nSPS) is 18.4. The van der Waals surface area contributed by atoms with E-state index in [4.69, 9.17) is 28.2 Å². The molecule has 0 bridgehead atoms. The van der Waals surface area contributed by atoms with Crippen molar-refractivity contribution in [3.05, 3.63) is 52.5 Å². The smallest absolute Gasteiger partial charge is 0.243 e. The van der Waals surface area contributed by atoms with Gasteiger partial charge in [-0.3, -0.25) is 4.98 Å². The van der Waals surface area contributed by atoms with Gasteiger partial charge in [0.05, 0.1) is 22.1 Å². The fraction of sp³-hybridized carbons (Fsp3) is 0.333. The minimum absolute atomic E-state index is 0.0294. The zero-order valence-electron chi connectivity index (χ0n) is 14.6. The van der Waals surface area contributed by atoms with E-state index in [1.165, 1.54) is 22.5 Å². The molecule has 0 amide bonds. The SMILES string of the molecule is CCn1c(C2CCN(S(=O)(=O)c3cc(Cl)cc(Cl)c3)C2)nc2ccncc21. The molecule has 1 atom stereocenters. The van der Waals surface area contributed by atoms with Gasteiger partial charge in [-0.05, 0) is 37.6 Å². The number of rotatable bonds is 4. The number of fused-ring (bicyclic) bond motifs is 1. The van der Waals surface area contributed by atoms with Gasteiger partial charge in [0.1, 0.15) is 5.82 Å². The molecule has 9 heteroatoms. The minimum atomic E-state index is -3.66. The molecule has 3 heterocycles. The molecule has 0 N–H and O–H groups in total. The summed E-state index contributed by atoms with van der Waals surface area (Å²) in [4.78, 5) is 9.04. The highest BCUT2D eigenvalue weighted by molar-refractivity contribution is 7.89. The Bertz CT molecular complexity index is 1090. The Morgan fingerprint density at radius 1 is 1.22 bits per heavy atom. The van der Waals surface area contributed by atoms with Crippen LogP contribution < -0.4 is 0 Å². The summed E-state index contributed by atoms with van der Waals surface area (Å²) in [5, 5.41) is 0.606. The second-order valence-corrected chi connectivity index (χ2v) is 9.34. The molecule has 2 aromatic heterocycles. The maximum absolute atomic E-state index is 13.0. The van der Waals surface area contributed by atoms with Crippen LogP contribution in [0.4, 0.5) is 0 Å². The van der Waals surface area contributed by atoms with Crippen molar-refractivity contribution in [2.45, 2.75) is 30.7 Å². The number of hydrogen-bond donors (Lipinski definition) is 0. The number of aryl methyl sites for hydroxylation is 1. The fourth-order valence-corrected chi connectivity index (χ4v) is 5.84. The largest absolute Gasteiger partial charge is 0.327 e. The molecule has 1 aliphatic heterocycles. The van der Waals surface area contributed by atoms with Crippen LogP contribution in [-0.4, -0.2) is 40.3 Å². The summed E-state index contributed by atoms with van der Waals surface area (Å²) in [5.74, 6) is 0.934. The quantitative estimate of drug-likeness (QED) is 0.635. The van der Waals surface area contributed by atoms with Crippen molar-refractivity contribution in [3.63, 3.8) is 0 Å². The van der Waals surface area contributed by atoms with Crippen LogP contribution in [0.2, 0.25) is 10.0 Å². The van der Waals surface area contributed by atoms with Crippen molar-refractivity contribution in [2.24, 2.45) is 0 Å². The van der Waals surface area contributed by atoms with Gasteiger partial charge in [-0.25, -0.2) is 13.4 Å². The Balaban J connectivity index is 1.66. The lowest BCUT2D eigenvalue weighted by Gasteiger charge is -2.17. The van der Waals surface area contributed by atoms with Gasteiger partial charge in [-0.15, -0.1) is 0 Å². The maximum Gasteiger partial charge on any atom is 0.243 e. The van der Waals surface area contributed by atoms with E-state index in [1.54, 1.807) is 12.4 Å². The first-order valence-electron chi connectivity index (χ1n) is 8.66. The Kier molecular flexibility index (Phi) is 4.88. The Hall–Kier alpha value is -1.67.